The second kappa shape index (κ2) is 4.24. The Morgan fingerprint density at radius 2 is 1.53 bits per heavy atom. The molecule has 0 heterocycles. The molecular weight excluding hydrogens is 208 g/mol. The molecule has 4 fully saturated rings. The van der Waals surface area contributed by atoms with Crippen molar-refractivity contribution in [1.29, 1.82) is 0 Å². The Morgan fingerprint density at radius 3 is 1.94 bits per heavy atom. The first-order valence-electron chi connectivity index (χ1n) is 7.48. The summed E-state index contributed by atoms with van der Waals surface area (Å²) in [4.78, 5) is 2.28. The SMILES string of the molecule is CN(C)CCC(N)C12CC3CC(CC(C3)C1)C2. The van der Waals surface area contributed by atoms with Crippen molar-refractivity contribution in [3.63, 3.8) is 0 Å². The van der Waals surface area contributed by atoms with E-state index in [-0.39, 0.29) is 0 Å². The highest BCUT2D eigenvalue weighted by atomic mass is 15.1. The van der Waals surface area contributed by atoms with E-state index in [9.17, 15) is 0 Å². The third-order valence-electron chi connectivity index (χ3n) is 5.76. The van der Waals surface area contributed by atoms with Gasteiger partial charge in [-0.25, -0.2) is 0 Å². The van der Waals surface area contributed by atoms with Crippen LogP contribution in [-0.4, -0.2) is 31.6 Å². The van der Waals surface area contributed by atoms with Crippen LogP contribution >= 0.6 is 0 Å². The second-order valence-corrected chi connectivity index (χ2v) is 7.48. The maximum Gasteiger partial charge on any atom is 0.0108 e. The molecular formula is C15H28N2. The van der Waals surface area contributed by atoms with Gasteiger partial charge in [0.15, 0.2) is 0 Å². The number of nitrogens with two attached hydrogens (primary N) is 1. The van der Waals surface area contributed by atoms with Gasteiger partial charge in [-0.05, 0) is 88.8 Å². The van der Waals surface area contributed by atoms with E-state index in [2.05, 4.69) is 19.0 Å². The number of rotatable bonds is 4. The number of nitrogens with zero attached hydrogens (tertiary/aromatic N) is 1. The van der Waals surface area contributed by atoms with Gasteiger partial charge >= 0.3 is 0 Å². The van der Waals surface area contributed by atoms with Crippen molar-refractivity contribution in [2.45, 2.75) is 51.0 Å². The van der Waals surface area contributed by atoms with E-state index >= 15 is 0 Å². The van der Waals surface area contributed by atoms with E-state index in [4.69, 9.17) is 5.73 Å². The highest BCUT2D eigenvalue weighted by Crippen LogP contribution is 2.61. The van der Waals surface area contributed by atoms with Crippen molar-refractivity contribution in [1.82, 2.24) is 4.90 Å². The minimum atomic E-state index is 0.457. The molecule has 98 valence electrons. The van der Waals surface area contributed by atoms with Crippen molar-refractivity contribution >= 4 is 0 Å². The lowest BCUT2D eigenvalue weighted by molar-refractivity contribution is -0.0687. The van der Waals surface area contributed by atoms with Crippen LogP contribution in [0.4, 0.5) is 0 Å². The van der Waals surface area contributed by atoms with Gasteiger partial charge in [-0.2, -0.15) is 0 Å². The first kappa shape index (κ1) is 12.0. The zero-order valence-corrected chi connectivity index (χ0v) is 11.5. The van der Waals surface area contributed by atoms with Gasteiger partial charge in [0, 0.05) is 6.04 Å². The molecule has 4 aliphatic rings. The minimum Gasteiger partial charge on any atom is -0.327 e. The van der Waals surface area contributed by atoms with Crippen LogP contribution in [0.5, 0.6) is 0 Å². The summed E-state index contributed by atoms with van der Waals surface area (Å²) < 4.78 is 0. The highest BCUT2D eigenvalue weighted by molar-refractivity contribution is 5.05. The molecule has 17 heavy (non-hydrogen) atoms. The van der Waals surface area contributed by atoms with Crippen molar-refractivity contribution in [3.05, 3.63) is 0 Å². The lowest BCUT2D eigenvalue weighted by atomic mass is 9.47. The molecule has 0 aromatic heterocycles. The molecule has 2 N–H and O–H groups in total. The normalized spacial score (nSPS) is 45.5. The summed E-state index contributed by atoms with van der Waals surface area (Å²) in [5.74, 6) is 3.10. The van der Waals surface area contributed by atoms with Gasteiger partial charge in [-0.1, -0.05) is 0 Å². The number of hydrogen-bond acceptors (Lipinski definition) is 2. The Labute approximate surface area is 106 Å². The topological polar surface area (TPSA) is 29.3 Å². The first-order valence-corrected chi connectivity index (χ1v) is 7.48. The van der Waals surface area contributed by atoms with Crippen LogP contribution < -0.4 is 5.73 Å². The number of hydrogen-bond donors (Lipinski definition) is 1. The second-order valence-electron chi connectivity index (χ2n) is 7.48. The van der Waals surface area contributed by atoms with Crippen LogP contribution in [0.1, 0.15) is 44.9 Å². The van der Waals surface area contributed by atoms with E-state index in [0.29, 0.717) is 11.5 Å². The molecule has 4 saturated carbocycles. The van der Waals surface area contributed by atoms with Crippen LogP contribution in [0.15, 0.2) is 0 Å². The molecule has 0 radical (unpaired) electrons. The Bertz CT molecular complexity index is 249. The van der Waals surface area contributed by atoms with Gasteiger partial charge in [0.2, 0.25) is 0 Å². The quantitative estimate of drug-likeness (QED) is 0.812. The Balaban J connectivity index is 1.68. The molecule has 2 heteroatoms. The zero-order chi connectivity index (χ0) is 12.0. The fraction of sp³-hybridized carbons (Fsp3) is 1.00. The molecule has 2 nitrogen and oxygen atoms in total. The Hall–Kier alpha value is -0.0800. The smallest absolute Gasteiger partial charge is 0.0108 e. The van der Waals surface area contributed by atoms with Crippen LogP contribution in [0.25, 0.3) is 0 Å². The fourth-order valence-electron chi connectivity index (χ4n) is 5.34. The minimum absolute atomic E-state index is 0.457. The summed E-state index contributed by atoms with van der Waals surface area (Å²) in [7, 11) is 4.32. The zero-order valence-electron chi connectivity index (χ0n) is 11.5. The Morgan fingerprint density at radius 1 is 1.06 bits per heavy atom. The summed E-state index contributed by atoms with van der Waals surface area (Å²) in [6, 6.07) is 0.457. The molecule has 0 aliphatic heterocycles. The molecule has 4 rings (SSSR count). The van der Waals surface area contributed by atoms with E-state index in [1.165, 1.54) is 44.9 Å². The van der Waals surface area contributed by atoms with E-state index in [0.717, 1.165) is 24.3 Å². The van der Waals surface area contributed by atoms with Gasteiger partial charge in [-0.15, -0.1) is 0 Å². The molecule has 0 amide bonds. The maximum absolute atomic E-state index is 6.59. The van der Waals surface area contributed by atoms with E-state index < -0.39 is 0 Å². The first-order chi connectivity index (χ1) is 8.07. The van der Waals surface area contributed by atoms with E-state index in [1.807, 2.05) is 0 Å². The summed E-state index contributed by atoms with van der Waals surface area (Å²) in [6.45, 7) is 1.16. The third kappa shape index (κ3) is 2.15. The van der Waals surface area contributed by atoms with Crippen LogP contribution in [0.2, 0.25) is 0 Å². The molecule has 4 aliphatic carbocycles. The predicted octanol–water partition coefficient (Wildman–Crippen LogP) is 2.48. The van der Waals surface area contributed by atoms with Crippen molar-refractivity contribution in [3.8, 4) is 0 Å². The average molecular weight is 236 g/mol. The molecule has 0 aromatic rings. The van der Waals surface area contributed by atoms with Gasteiger partial charge in [0.25, 0.3) is 0 Å². The molecule has 0 aromatic carbocycles. The third-order valence-corrected chi connectivity index (χ3v) is 5.76. The summed E-state index contributed by atoms with van der Waals surface area (Å²) in [6.07, 6.45) is 10.1. The van der Waals surface area contributed by atoms with Gasteiger partial charge in [0.05, 0.1) is 0 Å². The van der Waals surface area contributed by atoms with Crippen molar-refractivity contribution in [2.75, 3.05) is 20.6 Å². The summed E-state index contributed by atoms with van der Waals surface area (Å²) in [5.41, 5.74) is 7.14. The molecule has 0 spiro atoms. The maximum atomic E-state index is 6.59. The Kier molecular flexibility index (Phi) is 2.99. The predicted molar refractivity (Wildman–Crippen MR) is 71.8 cm³/mol. The summed E-state index contributed by atoms with van der Waals surface area (Å²) in [5, 5.41) is 0. The summed E-state index contributed by atoms with van der Waals surface area (Å²) >= 11 is 0. The largest absolute Gasteiger partial charge is 0.327 e. The van der Waals surface area contributed by atoms with Crippen LogP contribution in [0, 0.1) is 23.2 Å². The van der Waals surface area contributed by atoms with Crippen molar-refractivity contribution < 1.29 is 0 Å². The molecule has 4 bridgehead atoms. The van der Waals surface area contributed by atoms with Gasteiger partial charge < -0.3 is 10.6 Å². The monoisotopic (exact) mass is 236 g/mol. The molecule has 1 unspecified atom stereocenters. The van der Waals surface area contributed by atoms with Crippen LogP contribution in [-0.2, 0) is 0 Å². The molecule has 1 atom stereocenters. The lowest BCUT2D eigenvalue weighted by Crippen LogP contribution is -2.55. The lowest BCUT2D eigenvalue weighted by Gasteiger charge is -2.59. The van der Waals surface area contributed by atoms with Crippen LogP contribution in [0.3, 0.4) is 0 Å². The van der Waals surface area contributed by atoms with Gasteiger partial charge in [-0.3, -0.25) is 0 Å². The highest BCUT2D eigenvalue weighted by Gasteiger charge is 2.53. The van der Waals surface area contributed by atoms with E-state index in [1.54, 1.807) is 0 Å². The average Bonchev–Trinajstić information content (AvgIpc) is 2.23. The fourth-order valence-corrected chi connectivity index (χ4v) is 5.34. The van der Waals surface area contributed by atoms with Crippen molar-refractivity contribution in [2.24, 2.45) is 28.9 Å². The van der Waals surface area contributed by atoms with Gasteiger partial charge in [0.1, 0.15) is 0 Å². The molecule has 0 saturated heterocycles. The standard InChI is InChI=1S/C15H28N2/c1-17(2)4-3-14(16)15-8-11-5-12(9-15)7-13(6-11)10-15/h11-14H,3-10,16H2,1-2H3.